The summed E-state index contributed by atoms with van der Waals surface area (Å²) in [7, 11) is 0. The Morgan fingerprint density at radius 1 is 0.909 bits per heavy atom. The van der Waals surface area contributed by atoms with E-state index in [9.17, 15) is 41.0 Å². The van der Waals surface area contributed by atoms with E-state index in [0.717, 1.165) is 16.5 Å². The van der Waals surface area contributed by atoms with Crippen LogP contribution in [0.3, 0.4) is 0 Å². The number of rotatable bonds is 8. The number of alkyl halides is 6. The Bertz CT molecular complexity index is 1460. The number of carbonyl (C=O) groups excluding carboxylic acids is 2. The quantitative estimate of drug-likeness (QED) is 0.263. The van der Waals surface area contributed by atoms with Crippen LogP contribution < -0.4 is 5.32 Å². The Morgan fingerprint density at radius 3 is 2.30 bits per heavy atom. The van der Waals surface area contributed by atoms with Crippen LogP contribution in [0.25, 0.3) is 10.9 Å². The van der Waals surface area contributed by atoms with Gasteiger partial charge in [-0.05, 0) is 36.2 Å². The number of nitrogens with one attached hydrogen (secondary N) is 2. The highest BCUT2D eigenvalue weighted by Gasteiger charge is 2.41. The number of aliphatic hydroxyl groups is 1. The molecule has 0 saturated carbocycles. The van der Waals surface area contributed by atoms with Crippen molar-refractivity contribution in [2.75, 3.05) is 59.0 Å². The molecular formula is C30H33F6N5O3. The zero-order valence-electron chi connectivity index (χ0n) is 23.7. The molecule has 238 valence electrons. The summed E-state index contributed by atoms with van der Waals surface area (Å²) < 4.78 is 81.0. The molecule has 0 spiro atoms. The van der Waals surface area contributed by atoms with E-state index in [1.165, 1.54) is 4.90 Å². The number of carbonyl (C=O) groups is 2. The summed E-state index contributed by atoms with van der Waals surface area (Å²) in [6.07, 6.45) is -7.58. The largest absolute Gasteiger partial charge is 0.416 e. The molecule has 2 aromatic carbocycles. The van der Waals surface area contributed by atoms with Crippen LogP contribution in [0.4, 0.5) is 26.3 Å². The smallest absolute Gasteiger partial charge is 0.395 e. The van der Waals surface area contributed by atoms with Gasteiger partial charge in [0.2, 0.25) is 5.91 Å². The van der Waals surface area contributed by atoms with Crippen LogP contribution in [0, 0.1) is 0 Å². The number of hydrogen-bond acceptors (Lipinski definition) is 6. The fourth-order valence-electron chi connectivity index (χ4n) is 6.02. The Morgan fingerprint density at radius 2 is 1.61 bits per heavy atom. The van der Waals surface area contributed by atoms with Gasteiger partial charge in [-0.25, -0.2) is 0 Å². The number of Topliss-reactive ketones (excluding diaryl/α,β-unsaturated/α-hetero) is 1. The second kappa shape index (κ2) is 12.9. The number of fused-ring (bicyclic) bond motifs is 1. The lowest BCUT2D eigenvalue weighted by Crippen LogP contribution is -2.61. The van der Waals surface area contributed by atoms with E-state index in [-0.39, 0.29) is 51.4 Å². The molecule has 2 saturated heterocycles. The van der Waals surface area contributed by atoms with Crippen molar-refractivity contribution in [1.82, 2.24) is 25.0 Å². The molecule has 3 aromatic rings. The van der Waals surface area contributed by atoms with Crippen molar-refractivity contribution >= 4 is 22.6 Å². The third-order valence-corrected chi connectivity index (χ3v) is 8.22. The number of β-amino-alcohol motifs (C(OH)–C–C–N with tert-alkyl or cyclic N) is 1. The van der Waals surface area contributed by atoms with Gasteiger partial charge in [0.1, 0.15) is 6.04 Å². The SMILES string of the molecule is O=C(c1cc(C(F)(F)F)cc(C(F)(F)F)c1)C1CN(CCO)CCN1C(=O)CN1CCNC(Cc2c[nH]c3ccccc23)C1. The molecule has 44 heavy (non-hydrogen) atoms. The minimum Gasteiger partial charge on any atom is -0.395 e. The predicted octanol–water partition coefficient (Wildman–Crippen LogP) is 3.41. The second-order valence-corrected chi connectivity index (χ2v) is 11.2. The molecule has 2 aliphatic heterocycles. The Hall–Kier alpha value is -3.46. The van der Waals surface area contributed by atoms with E-state index in [1.807, 2.05) is 35.4 Å². The highest BCUT2D eigenvalue weighted by atomic mass is 19.4. The molecule has 0 radical (unpaired) electrons. The summed E-state index contributed by atoms with van der Waals surface area (Å²) in [5.74, 6) is -1.46. The van der Waals surface area contributed by atoms with Crippen molar-refractivity contribution < 1.29 is 41.0 Å². The number of amides is 1. The van der Waals surface area contributed by atoms with E-state index < -0.39 is 46.8 Å². The minimum atomic E-state index is -5.12. The maximum Gasteiger partial charge on any atom is 0.416 e. The lowest BCUT2D eigenvalue weighted by molar-refractivity contribution is -0.143. The third-order valence-electron chi connectivity index (χ3n) is 8.22. The normalized spacial score (nSPS) is 20.8. The molecule has 1 amide bonds. The van der Waals surface area contributed by atoms with E-state index in [4.69, 9.17) is 0 Å². The highest BCUT2D eigenvalue weighted by Crippen LogP contribution is 2.37. The molecule has 3 N–H and O–H groups in total. The molecule has 2 atom stereocenters. The number of aromatic nitrogens is 1. The number of H-pyrrole nitrogens is 1. The standard InChI is InChI=1S/C30H33F6N5O3/c31-29(32,33)21-11-19(12-22(14-21)30(34,35)36)28(44)26-17-39(9-10-42)7-8-41(26)27(43)18-40-6-5-37-23(16-40)13-20-15-38-25-4-2-1-3-24(20)25/h1-4,11-12,14-15,23,26,37-38,42H,5-10,13,16-18H2. The monoisotopic (exact) mass is 625 g/mol. The van der Waals surface area contributed by atoms with Crippen molar-refractivity contribution in [3.05, 3.63) is 70.9 Å². The third kappa shape index (κ3) is 7.25. The van der Waals surface area contributed by atoms with Crippen LogP contribution in [0.5, 0.6) is 0 Å². The van der Waals surface area contributed by atoms with Gasteiger partial charge in [-0.3, -0.25) is 19.4 Å². The highest BCUT2D eigenvalue weighted by molar-refractivity contribution is 6.02. The summed E-state index contributed by atoms with van der Waals surface area (Å²) in [5.41, 5.74) is -1.83. The summed E-state index contributed by atoms with van der Waals surface area (Å²) in [6, 6.07) is 7.39. The number of ketones is 1. The Labute approximate surface area is 249 Å². The molecule has 8 nitrogen and oxygen atoms in total. The molecule has 2 fully saturated rings. The molecule has 14 heteroatoms. The molecule has 3 heterocycles. The van der Waals surface area contributed by atoms with Gasteiger partial charge in [0, 0.05) is 74.5 Å². The molecule has 0 bridgehead atoms. The molecule has 0 aliphatic carbocycles. The fraction of sp³-hybridized carbons (Fsp3) is 0.467. The van der Waals surface area contributed by atoms with E-state index in [0.29, 0.717) is 38.2 Å². The van der Waals surface area contributed by atoms with Crippen LogP contribution >= 0.6 is 0 Å². The number of nitrogens with zero attached hydrogens (tertiary/aromatic N) is 3. The number of aromatic amines is 1. The van der Waals surface area contributed by atoms with E-state index >= 15 is 0 Å². The average Bonchev–Trinajstić information content (AvgIpc) is 3.38. The van der Waals surface area contributed by atoms with Gasteiger partial charge in [0.25, 0.3) is 0 Å². The van der Waals surface area contributed by atoms with Gasteiger partial charge in [-0.1, -0.05) is 18.2 Å². The first-order valence-corrected chi connectivity index (χ1v) is 14.3. The fourth-order valence-corrected chi connectivity index (χ4v) is 6.02. The number of benzene rings is 2. The maximum absolute atomic E-state index is 13.6. The molecule has 2 unspecified atom stereocenters. The lowest BCUT2D eigenvalue weighted by Gasteiger charge is -2.42. The maximum atomic E-state index is 13.6. The topological polar surface area (TPSA) is 91.9 Å². The number of halogens is 6. The molecule has 2 aliphatic rings. The van der Waals surface area contributed by atoms with Crippen LogP contribution in [0.2, 0.25) is 0 Å². The summed E-state index contributed by atoms with van der Waals surface area (Å²) in [5, 5.41) is 14.0. The van der Waals surface area contributed by atoms with Crippen LogP contribution in [-0.2, 0) is 23.6 Å². The number of hydrogen-bond donors (Lipinski definition) is 3. The van der Waals surface area contributed by atoms with E-state index in [1.54, 1.807) is 4.90 Å². The molecule has 1 aromatic heterocycles. The van der Waals surface area contributed by atoms with Crippen LogP contribution in [-0.4, -0.2) is 108 Å². The van der Waals surface area contributed by atoms with Crippen LogP contribution in [0.15, 0.2) is 48.7 Å². The van der Waals surface area contributed by atoms with Crippen molar-refractivity contribution in [3.8, 4) is 0 Å². The lowest BCUT2D eigenvalue weighted by atomic mass is 9.96. The van der Waals surface area contributed by atoms with Gasteiger partial charge in [0.15, 0.2) is 5.78 Å². The Balaban J connectivity index is 1.34. The van der Waals surface area contributed by atoms with Crippen molar-refractivity contribution in [1.29, 1.82) is 0 Å². The zero-order valence-corrected chi connectivity index (χ0v) is 23.7. The average molecular weight is 626 g/mol. The summed E-state index contributed by atoms with van der Waals surface area (Å²) in [6.45, 7) is 1.67. The summed E-state index contributed by atoms with van der Waals surface area (Å²) in [4.78, 5) is 35.3. The van der Waals surface area contributed by atoms with Gasteiger partial charge in [-0.15, -0.1) is 0 Å². The second-order valence-electron chi connectivity index (χ2n) is 11.2. The van der Waals surface area contributed by atoms with Gasteiger partial charge in [0.05, 0.1) is 24.3 Å². The number of piperazine rings is 2. The minimum absolute atomic E-state index is 0.0282. The van der Waals surface area contributed by atoms with Crippen molar-refractivity contribution in [2.45, 2.75) is 30.9 Å². The summed E-state index contributed by atoms with van der Waals surface area (Å²) >= 11 is 0. The molecule has 5 rings (SSSR count). The molecular weight excluding hydrogens is 592 g/mol. The van der Waals surface area contributed by atoms with Gasteiger partial charge >= 0.3 is 12.4 Å². The van der Waals surface area contributed by atoms with Gasteiger partial charge < -0.3 is 20.3 Å². The zero-order chi connectivity index (χ0) is 31.6. The first-order chi connectivity index (χ1) is 20.8. The first kappa shape index (κ1) is 31.9. The van der Waals surface area contributed by atoms with Crippen molar-refractivity contribution in [2.24, 2.45) is 0 Å². The number of aliphatic hydroxyl groups excluding tert-OH is 1. The Kier molecular flexibility index (Phi) is 9.35. The number of para-hydroxylation sites is 1. The van der Waals surface area contributed by atoms with Gasteiger partial charge in [-0.2, -0.15) is 26.3 Å². The predicted molar refractivity (Wildman–Crippen MR) is 150 cm³/mol. The van der Waals surface area contributed by atoms with E-state index in [2.05, 4.69) is 10.3 Å². The van der Waals surface area contributed by atoms with Crippen molar-refractivity contribution in [3.63, 3.8) is 0 Å². The van der Waals surface area contributed by atoms with Crippen LogP contribution in [0.1, 0.15) is 27.0 Å². The first-order valence-electron chi connectivity index (χ1n) is 14.3.